The lowest BCUT2D eigenvalue weighted by Gasteiger charge is -2.31. The molecule has 8 nitrogen and oxygen atoms in total. The number of aromatic nitrogens is 2. The van der Waals surface area contributed by atoms with Crippen LogP contribution in [-0.2, 0) is 21.4 Å². The Kier molecular flexibility index (Phi) is 6.12. The van der Waals surface area contributed by atoms with Crippen molar-refractivity contribution in [1.29, 1.82) is 0 Å². The second-order valence-corrected chi connectivity index (χ2v) is 8.17. The number of nitrogens with zero attached hydrogens (tertiary/aromatic N) is 4. The number of likely N-dealkylation sites (tertiary alicyclic amines) is 1. The minimum Gasteiger partial charge on any atom is -0.507 e. The Morgan fingerprint density at radius 1 is 1.16 bits per heavy atom. The third-order valence-electron chi connectivity index (χ3n) is 6.23. The lowest BCUT2D eigenvalue weighted by atomic mass is 9.94. The van der Waals surface area contributed by atoms with Gasteiger partial charge in [0.25, 0.3) is 11.7 Å². The van der Waals surface area contributed by atoms with Crippen LogP contribution in [0.25, 0.3) is 5.76 Å². The summed E-state index contributed by atoms with van der Waals surface area (Å²) >= 11 is 0. The Balaban J connectivity index is 1.77. The summed E-state index contributed by atoms with van der Waals surface area (Å²) < 4.78 is 20.6. The van der Waals surface area contributed by atoms with Crippen LogP contribution in [0.3, 0.4) is 0 Å². The number of aliphatic hydroxyl groups is 1. The van der Waals surface area contributed by atoms with E-state index in [1.807, 2.05) is 0 Å². The molecule has 1 aromatic carbocycles. The topological polar surface area (TPSA) is 87.9 Å². The van der Waals surface area contributed by atoms with Crippen molar-refractivity contribution in [3.05, 3.63) is 58.2 Å². The molecule has 32 heavy (non-hydrogen) atoms. The number of ketones is 1. The van der Waals surface area contributed by atoms with Crippen LogP contribution >= 0.6 is 0 Å². The van der Waals surface area contributed by atoms with E-state index in [1.54, 1.807) is 37.7 Å². The number of ether oxygens (including phenoxy) is 1. The highest BCUT2D eigenvalue weighted by atomic mass is 19.1. The molecular weight excluding hydrogens is 415 g/mol. The molecule has 2 aromatic rings. The second-order valence-electron chi connectivity index (χ2n) is 8.17. The predicted octanol–water partition coefficient (Wildman–Crippen LogP) is 1.93. The molecule has 2 aliphatic heterocycles. The van der Waals surface area contributed by atoms with Crippen molar-refractivity contribution in [2.24, 2.45) is 7.05 Å². The minimum atomic E-state index is -0.810. The number of hydrogen-bond donors (Lipinski definition) is 1. The van der Waals surface area contributed by atoms with Crippen LogP contribution in [0.15, 0.2) is 29.8 Å². The lowest BCUT2D eigenvalue weighted by molar-refractivity contribution is -0.140. The molecule has 2 saturated heterocycles. The average molecular weight is 442 g/mol. The first kappa shape index (κ1) is 22.2. The van der Waals surface area contributed by atoms with Gasteiger partial charge in [-0.05, 0) is 31.5 Å². The van der Waals surface area contributed by atoms with Crippen molar-refractivity contribution in [3.8, 4) is 0 Å². The van der Waals surface area contributed by atoms with Gasteiger partial charge >= 0.3 is 0 Å². The number of hydrogen-bond acceptors (Lipinski definition) is 6. The van der Waals surface area contributed by atoms with E-state index in [1.165, 1.54) is 17.0 Å². The Bertz CT molecular complexity index is 1070. The fourth-order valence-electron chi connectivity index (χ4n) is 4.43. The fraction of sp³-hybridized carbons (Fsp3) is 0.435. The van der Waals surface area contributed by atoms with Crippen LogP contribution in [0.1, 0.15) is 28.6 Å². The number of halogens is 1. The van der Waals surface area contributed by atoms with E-state index in [0.717, 1.165) is 13.1 Å². The van der Waals surface area contributed by atoms with E-state index in [9.17, 15) is 19.1 Å². The highest BCUT2D eigenvalue weighted by molar-refractivity contribution is 6.46. The smallest absolute Gasteiger partial charge is 0.295 e. The summed E-state index contributed by atoms with van der Waals surface area (Å²) in [5.74, 6) is -2.09. The molecule has 9 heteroatoms. The molecule has 3 heterocycles. The van der Waals surface area contributed by atoms with Crippen molar-refractivity contribution in [2.45, 2.75) is 19.9 Å². The minimum absolute atomic E-state index is 0.00258. The first-order chi connectivity index (χ1) is 15.3. The number of carbonyl (C=O) groups is 2. The molecule has 170 valence electrons. The monoisotopic (exact) mass is 442 g/mol. The molecule has 0 bridgehead atoms. The van der Waals surface area contributed by atoms with Crippen molar-refractivity contribution in [1.82, 2.24) is 19.6 Å². The van der Waals surface area contributed by atoms with Gasteiger partial charge in [0.1, 0.15) is 11.6 Å². The SMILES string of the molecule is Cc1nn(C)c(C)c1C(O)=C1C(=O)C(=O)N(CCN2CCOCC2)[C@H]1c1ccc(F)cc1. The van der Waals surface area contributed by atoms with Gasteiger partial charge in [-0.25, -0.2) is 4.39 Å². The highest BCUT2D eigenvalue weighted by Gasteiger charge is 2.46. The molecule has 1 N–H and O–H groups in total. The molecule has 1 amide bonds. The van der Waals surface area contributed by atoms with E-state index in [0.29, 0.717) is 48.8 Å². The Morgan fingerprint density at radius 2 is 1.81 bits per heavy atom. The van der Waals surface area contributed by atoms with Crippen molar-refractivity contribution >= 4 is 17.4 Å². The van der Waals surface area contributed by atoms with Gasteiger partial charge < -0.3 is 14.7 Å². The molecule has 2 aliphatic rings. The zero-order valence-electron chi connectivity index (χ0n) is 18.5. The van der Waals surface area contributed by atoms with Crippen LogP contribution in [0.4, 0.5) is 4.39 Å². The van der Waals surface area contributed by atoms with Gasteiger partial charge in [0.15, 0.2) is 0 Å². The third kappa shape index (κ3) is 3.93. The maximum atomic E-state index is 13.6. The van der Waals surface area contributed by atoms with Gasteiger partial charge in [-0.1, -0.05) is 12.1 Å². The largest absolute Gasteiger partial charge is 0.507 e. The average Bonchev–Trinajstić information content (AvgIpc) is 3.18. The number of Topliss-reactive ketones (excluding diaryl/α,β-unsaturated/α-hetero) is 1. The third-order valence-corrected chi connectivity index (χ3v) is 6.23. The second kappa shape index (κ2) is 8.84. The quantitative estimate of drug-likeness (QED) is 0.433. The van der Waals surface area contributed by atoms with Crippen LogP contribution in [-0.4, -0.2) is 75.8 Å². The summed E-state index contributed by atoms with van der Waals surface area (Å²) in [6.07, 6.45) is 0. The van der Waals surface area contributed by atoms with E-state index in [4.69, 9.17) is 4.74 Å². The molecule has 4 rings (SSSR count). The lowest BCUT2D eigenvalue weighted by Crippen LogP contribution is -2.42. The zero-order chi connectivity index (χ0) is 23.0. The molecule has 0 aliphatic carbocycles. The number of benzene rings is 1. The summed E-state index contributed by atoms with van der Waals surface area (Å²) in [7, 11) is 1.75. The first-order valence-corrected chi connectivity index (χ1v) is 10.6. The Hall–Kier alpha value is -3.04. The van der Waals surface area contributed by atoms with Crippen molar-refractivity contribution in [2.75, 3.05) is 39.4 Å². The highest BCUT2D eigenvalue weighted by Crippen LogP contribution is 2.40. The van der Waals surface area contributed by atoms with Crippen LogP contribution < -0.4 is 0 Å². The van der Waals surface area contributed by atoms with E-state index in [-0.39, 0.29) is 11.3 Å². The number of carbonyl (C=O) groups excluding carboxylic acids is 2. The first-order valence-electron chi connectivity index (χ1n) is 10.6. The van der Waals surface area contributed by atoms with Crippen LogP contribution in [0.5, 0.6) is 0 Å². The molecule has 0 saturated carbocycles. The maximum Gasteiger partial charge on any atom is 0.295 e. The molecule has 2 fully saturated rings. The zero-order valence-corrected chi connectivity index (χ0v) is 18.5. The Labute approximate surface area is 185 Å². The molecule has 1 aromatic heterocycles. The number of amides is 1. The number of aliphatic hydroxyl groups excluding tert-OH is 1. The van der Waals surface area contributed by atoms with Crippen LogP contribution in [0.2, 0.25) is 0 Å². The summed E-state index contributed by atoms with van der Waals surface area (Å²) in [5.41, 5.74) is 2.24. The molecule has 1 atom stereocenters. The number of morpholine rings is 1. The normalized spacial score (nSPS) is 21.5. The Morgan fingerprint density at radius 3 is 2.41 bits per heavy atom. The van der Waals surface area contributed by atoms with Gasteiger partial charge in [-0.2, -0.15) is 5.10 Å². The number of rotatable bonds is 5. The molecule has 0 spiro atoms. The summed E-state index contributed by atoms with van der Waals surface area (Å²) in [6, 6.07) is 4.86. The van der Waals surface area contributed by atoms with Gasteiger partial charge in [-0.15, -0.1) is 0 Å². The van der Waals surface area contributed by atoms with E-state index in [2.05, 4.69) is 10.00 Å². The van der Waals surface area contributed by atoms with Gasteiger partial charge in [0.05, 0.1) is 36.1 Å². The van der Waals surface area contributed by atoms with Crippen molar-refractivity contribution in [3.63, 3.8) is 0 Å². The van der Waals surface area contributed by atoms with Crippen LogP contribution in [0, 0.1) is 19.7 Å². The number of aryl methyl sites for hydroxylation is 2. The van der Waals surface area contributed by atoms with Crippen molar-refractivity contribution < 1.29 is 23.8 Å². The van der Waals surface area contributed by atoms with Gasteiger partial charge in [-0.3, -0.25) is 19.2 Å². The van der Waals surface area contributed by atoms with E-state index >= 15 is 0 Å². The maximum absolute atomic E-state index is 13.6. The summed E-state index contributed by atoms with van der Waals surface area (Å²) in [6.45, 7) is 7.14. The van der Waals surface area contributed by atoms with Gasteiger partial charge in [0, 0.05) is 38.9 Å². The molecule has 0 unspecified atom stereocenters. The standard InChI is InChI=1S/C23H27FN4O4/c1-14-18(15(2)26(3)25-14)21(29)19-20(16-4-6-17(24)7-5-16)28(23(31)22(19)30)9-8-27-10-12-32-13-11-27/h4-7,20,29H,8-13H2,1-3H3/t20-/m0/s1. The fourth-order valence-corrected chi connectivity index (χ4v) is 4.43. The molecule has 0 radical (unpaired) electrons. The predicted molar refractivity (Wildman–Crippen MR) is 115 cm³/mol. The summed E-state index contributed by atoms with van der Waals surface area (Å²) in [4.78, 5) is 29.8. The van der Waals surface area contributed by atoms with E-state index < -0.39 is 23.5 Å². The molecular formula is C23H27FN4O4. The summed E-state index contributed by atoms with van der Waals surface area (Å²) in [5, 5.41) is 15.5. The van der Waals surface area contributed by atoms with Gasteiger partial charge in [0.2, 0.25) is 0 Å².